The monoisotopic (exact) mass is 467 g/mol. The van der Waals surface area contributed by atoms with Gasteiger partial charge in [0.2, 0.25) is 0 Å². The van der Waals surface area contributed by atoms with Gasteiger partial charge in [0.25, 0.3) is 0 Å². The Bertz CT molecular complexity index is 1120. The number of likely N-dealkylation sites (tertiary alicyclic amines) is 1. The normalized spacial score (nSPS) is 15.6. The zero-order valence-corrected chi connectivity index (χ0v) is 19.5. The number of benzene rings is 1. The van der Waals surface area contributed by atoms with Crippen LogP contribution in [0.15, 0.2) is 60.0 Å². The van der Waals surface area contributed by atoms with Crippen LogP contribution in [0.4, 0.5) is 4.39 Å². The Kier molecular flexibility index (Phi) is 8.54. The van der Waals surface area contributed by atoms with E-state index in [0.717, 1.165) is 56.8 Å². The first-order chi connectivity index (χ1) is 16.2. The minimum atomic E-state index is -1.26. The minimum absolute atomic E-state index is 0.164. The Morgan fingerprint density at radius 2 is 1.74 bits per heavy atom. The van der Waals surface area contributed by atoms with E-state index >= 15 is 0 Å². The van der Waals surface area contributed by atoms with Crippen molar-refractivity contribution in [2.24, 2.45) is 0 Å². The second-order valence-corrected chi connectivity index (χ2v) is 8.57. The number of carbonyl (C=O) groups is 2. The van der Waals surface area contributed by atoms with Crippen molar-refractivity contribution in [3.8, 4) is 0 Å². The van der Waals surface area contributed by atoms with Crippen LogP contribution in [0.2, 0.25) is 0 Å². The summed E-state index contributed by atoms with van der Waals surface area (Å²) in [5.41, 5.74) is 6.22. The zero-order valence-electron chi connectivity index (χ0n) is 19.5. The molecule has 3 heterocycles. The first kappa shape index (κ1) is 25.1. The molecule has 2 aliphatic heterocycles. The summed E-state index contributed by atoms with van der Waals surface area (Å²) < 4.78 is 16.3. The molecule has 0 spiro atoms. The van der Waals surface area contributed by atoms with Crippen molar-refractivity contribution >= 4 is 17.5 Å². The van der Waals surface area contributed by atoms with Crippen molar-refractivity contribution in [1.82, 2.24) is 14.5 Å². The maximum absolute atomic E-state index is 14.0. The number of fused-ring (bicyclic) bond motifs is 2. The predicted molar refractivity (Wildman–Crippen MR) is 128 cm³/mol. The molecule has 4 rings (SSSR count). The minimum Gasteiger partial charge on any atom is -0.478 e. The van der Waals surface area contributed by atoms with Gasteiger partial charge in [0.15, 0.2) is 0 Å². The highest BCUT2D eigenvalue weighted by atomic mass is 19.1. The molecule has 7 nitrogen and oxygen atoms in total. The van der Waals surface area contributed by atoms with Crippen LogP contribution in [-0.2, 0) is 22.6 Å². The van der Waals surface area contributed by atoms with E-state index in [2.05, 4.69) is 34.4 Å². The van der Waals surface area contributed by atoms with Gasteiger partial charge in [-0.1, -0.05) is 23.3 Å². The lowest BCUT2D eigenvalue weighted by molar-refractivity contribution is -0.134. The van der Waals surface area contributed by atoms with Gasteiger partial charge in [-0.2, -0.15) is 0 Å². The van der Waals surface area contributed by atoms with Crippen LogP contribution in [0, 0.1) is 5.82 Å². The average Bonchev–Trinajstić information content (AvgIpc) is 3.19. The second kappa shape index (κ2) is 11.6. The quantitative estimate of drug-likeness (QED) is 0.518. The van der Waals surface area contributed by atoms with E-state index in [-0.39, 0.29) is 5.82 Å². The molecule has 0 radical (unpaired) electrons. The molecule has 2 aromatic rings. The van der Waals surface area contributed by atoms with Crippen LogP contribution in [-0.4, -0.2) is 56.2 Å². The molecule has 1 saturated heterocycles. The summed E-state index contributed by atoms with van der Waals surface area (Å²) >= 11 is 0. The summed E-state index contributed by atoms with van der Waals surface area (Å²) in [5.74, 6) is -1.68. The number of carboxylic acids is 2. The number of aromatic nitrogens is 2. The number of rotatable bonds is 4. The van der Waals surface area contributed by atoms with Crippen molar-refractivity contribution < 1.29 is 24.2 Å². The third-order valence-electron chi connectivity index (χ3n) is 5.84. The van der Waals surface area contributed by atoms with E-state index in [4.69, 9.17) is 10.2 Å². The van der Waals surface area contributed by atoms with Gasteiger partial charge in [0.05, 0.1) is 0 Å². The Morgan fingerprint density at radius 1 is 1.06 bits per heavy atom. The molecule has 2 N–H and O–H groups in total. The van der Waals surface area contributed by atoms with Crippen LogP contribution >= 0.6 is 0 Å². The molecule has 1 aromatic carbocycles. The molecule has 0 aliphatic carbocycles. The molecule has 34 heavy (non-hydrogen) atoms. The molecule has 0 unspecified atom stereocenters. The van der Waals surface area contributed by atoms with Crippen molar-refractivity contribution in [2.45, 2.75) is 39.7 Å². The lowest BCUT2D eigenvalue weighted by atomic mass is 9.90. The summed E-state index contributed by atoms with van der Waals surface area (Å²) in [6.07, 6.45) is 10.3. The lowest BCUT2D eigenvalue weighted by Crippen LogP contribution is -2.31. The molecule has 0 saturated carbocycles. The Balaban J connectivity index is 0.000000350. The molecular weight excluding hydrogens is 437 g/mol. The molecule has 0 atom stereocenters. The fourth-order valence-electron chi connectivity index (χ4n) is 4.14. The Labute approximate surface area is 198 Å². The van der Waals surface area contributed by atoms with E-state index < -0.39 is 11.9 Å². The summed E-state index contributed by atoms with van der Waals surface area (Å²) in [7, 11) is 0. The highest BCUT2D eigenvalue weighted by Gasteiger charge is 2.25. The third kappa shape index (κ3) is 6.74. The van der Waals surface area contributed by atoms with Gasteiger partial charge < -0.3 is 14.8 Å². The lowest BCUT2D eigenvalue weighted by Gasteiger charge is -2.29. The number of halogens is 1. The van der Waals surface area contributed by atoms with Crippen LogP contribution in [0.25, 0.3) is 5.57 Å². The van der Waals surface area contributed by atoms with Crippen LogP contribution < -0.4 is 0 Å². The number of allylic oxidation sites excluding steroid dienone is 1. The number of hydrogen-bond acceptors (Lipinski definition) is 4. The van der Waals surface area contributed by atoms with Gasteiger partial charge >= 0.3 is 11.9 Å². The molecular formula is C26H30FN3O4. The van der Waals surface area contributed by atoms with Gasteiger partial charge in [-0.05, 0) is 56.4 Å². The Morgan fingerprint density at radius 3 is 2.35 bits per heavy atom. The molecule has 0 bridgehead atoms. The molecule has 1 aromatic heterocycles. The summed E-state index contributed by atoms with van der Waals surface area (Å²) in [6.45, 7) is 8.31. The molecule has 0 amide bonds. The Hall–Kier alpha value is -3.52. The van der Waals surface area contributed by atoms with Crippen LogP contribution in [0.3, 0.4) is 0 Å². The second-order valence-electron chi connectivity index (χ2n) is 8.57. The zero-order chi connectivity index (χ0) is 24.7. The smallest absolute Gasteiger partial charge is 0.328 e. The first-order valence-electron chi connectivity index (χ1n) is 11.3. The SMILES string of the molecule is CC(C)=CCN1CCC(=C2c3cc(F)ccc3CCn3ccnc32)CC1.O=C(O)C=CC(=O)O. The fraction of sp³-hybridized carbons (Fsp3) is 0.346. The number of aryl methyl sites for hydroxylation is 2. The summed E-state index contributed by atoms with van der Waals surface area (Å²) in [6, 6.07) is 5.23. The average molecular weight is 468 g/mol. The van der Waals surface area contributed by atoms with E-state index in [1.54, 1.807) is 12.1 Å². The summed E-state index contributed by atoms with van der Waals surface area (Å²) in [4.78, 5) is 26.2. The van der Waals surface area contributed by atoms with Gasteiger partial charge in [0, 0.05) is 56.3 Å². The van der Waals surface area contributed by atoms with Crippen LogP contribution in [0.5, 0.6) is 0 Å². The third-order valence-corrected chi connectivity index (χ3v) is 5.84. The largest absolute Gasteiger partial charge is 0.478 e. The van der Waals surface area contributed by atoms with Crippen molar-refractivity contribution in [2.75, 3.05) is 19.6 Å². The van der Waals surface area contributed by atoms with E-state index in [0.29, 0.717) is 12.2 Å². The maximum atomic E-state index is 14.0. The maximum Gasteiger partial charge on any atom is 0.328 e. The number of piperidine rings is 1. The fourth-order valence-corrected chi connectivity index (χ4v) is 4.14. The first-order valence-corrected chi connectivity index (χ1v) is 11.3. The van der Waals surface area contributed by atoms with Crippen molar-refractivity contribution in [1.29, 1.82) is 0 Å². The number of imidazole rings is 1. The van der Waals surface area contributed by atoms with Crippen molar-refractivity contribution in [3.63, 3.8) is 0 Å². The molecule has 8 heteroatoms. The van der Waals surface area contributed by atoms with Gasteiger partial charge in [-0.25, -0.2) is 19.0 Å². The van der Waals surface area contributed by atoms with Gasteiger partial charge in [0.1, 0.15) is 11.6 Å². The molecule has 1 fully saturated rings. The van der Waals surface area contributed by atoms with Crippen LogP contribution in [0.1, 0.15) is 43.6 Å². The number of carboxylic acid groups (broad SMARTS) is 2. The number of aliphatic carboxylic acids is 2. The van der Waals surface area contributed by atoms with Gasteiger partial charge in [-0.15, -0.1) is 0 Å². The van der Waals surface area contributed by atoms with E-state index in [1.165, 1.54) is 22.3 Å². The standard InChI is InChI=1S/C22H26FN3.C4H4O4/c1-16(2)5-10-25-11-6-18(7-12-25)21-20-15-19(23)4-3-17(20)8-13-26-14-9-24-22(21)26;5-3(6)1-2-4(7)8/h3-5,9,14-15H,6-8,10-13H2,1-2H3;1-2H,(H,5,6)(H,7,8). The predicted octanol–water partition coefficient (Wildman–Crippen LogP) is 4.15. The van der Waals surface area contributed by atoms with E-state index in [1.807, 2.05) is 18.5 Å². The molecule has 2 aliphatic rings. The summed E-state index contributed by atoms with van der Waals surface area (Å²) in [5, 5.41) is 15.6. The number of nitrogens with zero attached hydrogens (tertiary/aromatic N) is 3. The van der Waals surface area contributed by atoms with Crippen molar-refractivity contribution in [3.05, 3.63) is 82.7 Å². The number of hydrogen-bond donors (Lipinski definition) is 2. The van der Waals surface area contributed by atoms with E-state index in [9.17, 15) is 14.0 Å². The topological polar surface area (TPSA) is 95.7 Å². The highest BCUT2D eigenvalue weighted by molar-refractivity contribution is 5.89. The molecule has 180 valence electrons. The van der Waals surface area contributed by atoms with Gasteiger partial charge in [-0.3, -0.25) is 4.90 Å². The highest BCUT2D eigenvalue weighted by Crippen LogP contribution is 2.36.